The second-order valence-electron chi connectivity index (χ2n) is 5.84. The number of amides is 1. The number of non-ortho nitro benzene ring substituents is 1. The zero-order valence-corrected chi connectivity index (χ0v) is 17.5. The molecule has 2 heterocycles. The number of nitrogens with one attached hydrogen (secondary N) is 1. The Balaban J connectivity index is 1.62. The first-order valence-electron chi connectivity index (χ1n) is 8.70. The number of rotatable bonds is 8. The van der Waals surface area contributed by atoms with Crippen molar-refractivity contribution >= 4 is 45.8 Å². The van der Waals surface area contributed by atoms with Gasteiger partial charge in [-0.25, -0.2) is 4.79 Å². The number of carbonyl (C=O) groups excluding carboxylic acids is 2. The van der Waals surface area contributed by atoms with Gasteiger partial charge in [0.2, 0.25) is 22.2 Å². The van der Waals surface area contributed by atoms with E-state index in [-0.39, 0.29) is 28.7 Å². The first-order valence-corrected chi connectivity index (χ1v) is 10.5. The normalized spacial score (nSPS) is 10.5. The largest absolute Gasteiger partial charge is 0.464 e. The maximum atomic E-state index is 12.2. The number of benzene rings is 1. The van der Waals surface area contributed by atoms with Crippen LogP contribution in [0, 0.1) is 10.1 Å². The number of carbonyl (C=O) groups is 2. The summed E-state index contributed by atoms with van der Waals surface area (Å²) < 4.78 is 10.9. The van der Waals surface area contributed by atoms with Gasteiger partial charge in [0.15, 0.2) is 4.34 Å². The zero-order chi connectivity index (χ0) is 22.4. The van der Waals surface area contributed by atoms with Gasteiger partial charge in [-0.1, -0.05) is 36.1 Å². The average Bonchev–Trinajstić information content (AvgIpc) is 3.21. The number of hydrogen-bond acceptors (Lipinski definition) is 11. The Hall–Kier alpha value is -3.58. The number of thioether (sulfide) groups is 1. The highest BCUT2D eigenvalue weighted by molar-refractivity contribution is 8.00. The maximum Gasteiger partial charge on any atom is 0.344 e. The van der Waals surface area contributed by atoms with Crippen LogP contribution < -0.4 is 15.5 Å². The molecule has 0 spiro atoms. The Kier molecular flexibility index (Phi) is 7.10. The molecular weight excluding hydrogens is 448 g/mol. The topological polar surface area (TPSA) is 155 Å². The number of nitrogens with zero attached hydrogens (tertiary/aromatic N) is 3. The van der Waals surface area contributed by atoms with E-state index in [0.717, 1.165) is 12.3 Å². The number of aromatic nitrogens is 2. The van der Waals surface area contributed by atoms with E-state index in [4.69, 9.17) is 9.15 Å². The van der Waals surface area contributed by atoms with Crippen LogP contribution in [-0.4, -0.2) is 27.0 Å². The van der Waals surface area contributed by atoms with E-state index < -0.39 is 16.3 Å². The summed E-state index contributed by atoms with van der Waals surface area (Å²) in [7, 11) is 0. The molecule has 0 aliphatic carbocycles. The van der Waals surface area contributed by atoms with Crippen molar-refractivity contribution in [3.63, 3.8) is 0 Å². The number of nitro groups is 1. The van der Waals surface area contributed by atoms with E-state index in [1.54, 1.807) is 6.92 Å². The van der Waals surface area contributed by atoms with Crippen LogP contribution in [0.1, 0.15) is 29.5 Å². The fraction of sp³-hybridized carbons (Fsp3) is 0.167. The van der Waals surface area contributed by atoms with Crippen molar-refractivity contribution in [2.75, 3.05) is 5.32 Å². The summed E-state index contributed by atoms with van der Waals surface area (Å²) in [6.45, 7) is 1.72. The Morgan fingerprint density at radius 3 is 2.84 bits per heavy atom. The third-order valence-electron chi connectivity index (χ3n) is 3.66. The van der Waals surface area contributed by atoms with Crippen LogP contribution in [0.2, 0.25) is 0 Å². The minimum absolute atomic E-state index is 0.0736. The quantitative estimate of drug-likeness (QED) is 0.173. The summed E-state index contributed by atoms with van der Waals surface area (Å²) >= 11 is 2.43. The highest BCUT2D eigenvalue weighted by atomic mass is 32.2. The van der Waals surface area contributed by atoms with Crippen LogP contribution in [0.3, 0.4) is 0 Å². The minimum atomic E-state index is -0.923. The molecule has 1 N–H and O–H groups in total. The SMILES string of the molecule is CCC(=O)Nc1nnc(SCc2cc(=O)c(OC(=O)c3cccc([N+](=O)[O-])c3)co2)s1. The van der Waals surface area contributed by atoms with Crippen LogP contribution in [0.4, 0.5) is 10.8 Å². The number of esters is 1. The second-order valence-corrected chi connectivity index (χ2v) is 8.04. The lowest BCUT2D eigenvalue weighted by Gasteiger charge is -2.04. The monoisotopic (exact) mass is 462 g/mol. The van der Waals surface area contributed by atoms with Gasteiger partial charge in [-0.2, -0.15) is 0 Å². The summed E-state index contributed by atoms with van der Waals surface area (Å²) in [4.78, 5) is 45.9. The van der Waals surface area contributed by atoms with Crippen molar-refractivity contribution < 1.29 is 23.7 Å². The minimum Gasteiger partial charge on any atom is -0.464 e. The number of ether oxygens (including phenoxy) is 1. The summed E-state index contributed by atoms with van der Waals surface area (Å²) in [5.41, 5.74) is -0.938. The van der Waals surface area contributed by atoms with Crippen LogP contribution in [0.5, 0.6) is 5.75 Å². The van der Waals surface area contributed by atoms with Crippen LogP contribution in [-0.2, 0) is 10.5 Å². The fourth-order valence-electron chi connectivity index (χ4n) is 2.15. The van der Waals surface area contributed by atoms with E-state index in [0.29, 0.717) is 21.7 Å². The van der Waals surface area contributed by atoms with Crippen molar-refractivity contribution in [2.24, 2.45) is 0 Å². The van der Waals surface area contributed by atoms with Crippen molar-refractivity contribution in [2.45, 2.75) is 23.4 Å². The predicted octanol–water partition coefficient (Wildman–Crippen LogP) is 3.26. The molecule has 3 aromatic rings. The molecule has 0 bridgehead atoms. The molecule has 0 unspecified atom stereocenters. The molecule has 0 atom stereocenters. The van der Waals surface area contributed by atoms with Gasteiger partial charge in [0.1, 0.15) is 12.0 Å². The summed E-state index contributed by atoms with van der Waals surface area (Å²) in [6, 6.07) is 6.12. The molecule has 0 saturated heterocycles. The highest BCUT2D eigenvalue weighted by Crippen LogP contribution is 2.28. The molecule has 1 aromatic carbocycles. The number of anilines is 1. The predicted molar refractivity (Wildman–Crippen MR) is 111 cm³/mol. The van der Waals surface area contributed by atoms with Gasteiger partial charge in [-0.3, -0.25) is 19.7 Å². The Morgan fingerprint density at radius 1 is 1.32 bits per heavy atom. The average molecular weight is 462 g/mol. The van der Waals surface area contributed by atoms with Crippen molar-refractivity contribution in [3.05, 3.63) is 68.3 Å². The lowest BCUT2D eigenvalue weighted by Crippen LogP contribution is -2.14. The third kappa shape index (κ3) is 5.96. The number of nitro benzene ring substituents is 1. The van der Waals surface area contributed by atoms with Crippen LogP contribution in [0.25, 0.3) is 0 Å². The van der Waals surface area contributed by atoms with Gasteiger partial charge in [0, 0.05) is 24.6 Å². The molecule has 31 heavy (non-hydrogen) atoms. The third-order valence-corrected chi connectivity index (χ3v) is 5.65. The maximum absolute atomic E-state index is 12.2. The Bertz CT molecular complexity index is 1190. The van der Waals surface area contributed by atoms with Gasteiger partial charge < -0.3 is 14.5 Å². The van der Waals surface area contributed by atoms with Gasteiger partial charge in [-0.15, -0.1) is 10.2 Å². The molecular formula is C18H14N4O7S2. The number of hydrogen-bond donors (Lipinski definition) is 1. The van der Waals surface area contributed by atoms with Crippen LogP contribution >= 0.6 is 23.1 Å². The van der Waals surface area contributed by atoms with Crippen molar-refractivity contribution in [3.8, 4) is 5.75 Å². The lowest BCUT2D eigenvalue weighted by atomic mass is 10.2. The molecule has 0 saturated carbocycles. The van der Waals surface area contributed by atoms with Gasteiger partial charge in [0.25, 0.3) is 5.69 Å². The van der Waals surface area contributed by atoms with E-state index in [9.17, 15) is 24.5 Å². The molecule has 0 radical (unpaired) electrons. The fourth-order valence-corrected chi connectivity index (χ4v) is 3.81. The molecule has 1 amide bonds. The molecule has 11 nitrogen and oxygen atoms in total. The second kappa shape index (κ2) is 9.95. The Labute approximate surface area is 182 Å². The molecule has 160 valence electrons. The first-order chi connectivity index (χ1) is 14.9. The summed E-state index contributed by atoms with van der Waals surface area (Å²) in [5.74, 6) is -0.877. The smallest absolute Gasteiger partial charge is 0.344 e. The van der Waals surface area contributed by atoms with Gasteiger partial charge >= 0.3 is 5.97 Å². The molecule has 0 aliphatic rings. The van der Waals surface area contributed by atoms with Gasteiger partial charge in [-0.05, 0) is 6.07 Å². The van der Waals surface area contributed by atoms with Gasteiger partial charge in [0.05, 0.1) is 16.2 Å². The van der Waals surface area contributed by atoms with E-state index >= 15 is 0 Å². The molecule has 2 aromatic heterocycles. The standard InChI is InChI=1S/C18H14N4O7S2/c1-2-15(24)19-17-20-21-18(31-17)30-9-12-7-13(23)14(8-28-12)29-16(25)10-4-3-5-11(6-10)22(26)27/h3-8H,2,9H2,1H3,(H,19,20,24). The molecule has 3 rings (SSSR count). The van der Waals surface area contributed by atoms with Crippen LogP contribution in [0.15, 0.2) is 50.1 Å². The van der Waals surface area contributed by atoms with E-state index in [1.807, 2.05) is 0 Å². The van der Waals surface area contributed by atoms with E-state index in [1.165, 1.54) is 47.4 Å². The molecule has 0 fully saturated rings. The zero-order valence-electron chi connectivity index (χ0n) is 15.9. The summed E-state index contributed by atoms with van der Waals surface area (Å²) in [6.07, 6.45) is 1.33. The summed E-state index contributed by atoms with van der Waals surface area (Å²) in [5, 5.41) is 21.6. The lowest BCUT2D eigenvalue weighted by molar-refractivity contribution is -0.384. The molecule has 13 heteroatoms. The highest BCUT2D eigenvalue weighted by Gasteiger charge is 2.16. The van der Waals surface area contributed by atoms with Crippen molar-refractivity contribution in [1.82, 2.24) is 10.2 Å². The van der Waals surface area contributed by atoms with E-state index in [2.05, 4.69) is 15.5 Å². The van der Waals surface area contributed by atoms with Crippen molar-refractivity contribution in [1.29, 1.82) is 0 Å². The Morgan fingerprint density at radius 2 is 2.13 bits per heavy atom. The molecule has 0 aliphatic heterocycles. The first kappa shape index (κ1) is 22.1.